The van der Waals surface area contributed by atoms with Crippen LogP contribution in [-0.4, -0.2) is 29.5 Å². The zero-order valence-corrected chi connectivity index (χ0v) is 20.6. The van der Waals surface area contributed by atoms with E-state index in [9.17, 15) is 14.0 Å². The molecule has 32 heavy (non-hydrogen) atoms. The van der Waals surface area contributed by atoms with Crippen LogP contribution in [-0.2, 0) is 4.79 Å². The number of ether oxygens (including phenoxy) is 1. The van der Waals surface area contributed by atoms with E-state index < -0.39 is 18.0 Å². The summed E-state index contributed by atoms with van der Waals surface area (Å²) in [4.78, 5) is 27.5. The normalized spacial score (nSPS) is 13.8. The molecule has 1 amide bonds. The van der Waals surface area contributed by atoms with Crippen LogP contribution in [0, 0.1) is 24.7 Å². The van der Waals surface area contributed by atoms with Gasteiger partial charge >= 0.3 is 0 Å². The molecular weight excluding hydrogens is 407 g/mol. The average Bonchev–Trinajstić information content (AvgIpc) is 2.77. The molecule has 1 aromatic heterocycles. The van der Waals surface area contributed by atoms with Gasteiger partial charge in [0.15, 0.2) is 12.0 Å². The maximum Gasteiger partial charge on any atom is 0.248 e. The zero-order chi connectivity index (χ0) is 24.4. The van der Waals surface area contributed by atoms with Crippen molar-refractivity contribution in [1.82, 2.24) is 4.98 Å². The van der Waals surface area contributed by atoms with Gasteiger partial charge in [-0.1, -0.05) is 48.0 Å². The molecule has 178 valence electrons. The van der Waals surface area contributed by atoms with Crippen LogP contribution < -0.4 is 10.5 Å². The predicted molar refractivity (Wildman–Crippen MR) is 129 cm³/mol. The molecule has 3 atom stereocenters. The molecule has 2 aromatic rings. The van der Waals surface area contributed by atoms with E-state index in [2.05, 4.69) is 25.8 Å². The Morgan fingerprint density at radius 1 is 1.12 bits per heavy atom. The van der Waals surface area contributed by atoms with E-state index in [1.165, 1.54) is 6.42 Å². The number of fused-ring (bicyclic) bond motifs is 1. The van der Waals surface area contributed by atoms with Crippen molar-refractivity contribution >= 4 is 22.5 Å². The van der Waals surface area contributed by atoms with E-state index in [1.54, 1.807) is 32.2 Å². The summed E-state index contributed by atoms with van der Waals surface area (Å²) in [6.45, 7) is 14.1. The van der Waals surface area contributed by atoms with E-state index in [1.807, 2.05) is 19.9 Å². The summed E-state index contributed by atoms with van der Waals surface area (Å²) < 4.78 is 20.3. The Morgan fingerprint density at radius 2 is 1.75 bits per heavy atom. The molecule has 0 radical (unpaired) electrons. The van der Waals surface area contributed by atoms with Crippen molar-refractivity contribution < 1.29 is 18.7 Å². The highest BCUT2D eigenvalue weighted by molar-refractivity contribution is 6.00. The number of aryl methyl sites for hydroxylation is 1. The number of hydrogen-bond donors (Lipinski definition) is 1. The highest BCUT2D eigenvalue weighted by atomic mass is 19.1. The zero-order valence-electron chi connectivity index (χ0n) is 20.6. The summed E-state index contributed by atoms with van der Waals surface area (Å²) >= 11 is 0. The number of halogens is 1. The van der Waals surface area contributed by atoms with Crippen molar-refractivity contribution in [1.29, 1.82) is 0 Å². The standard InChI is InChI=1S/C21H27FN2O3.C5H12/c1-5-15(19(22)18(25)6-2)13(4)11-27-21-17-9-12(3)16(20(23)26)10-14(17)7-8-24-21;1-4-5(2)3/h7-10,13,15,19H,5-6,11H2,1-4H3,(H2,23,26);5H,4H2,1-3H3. The third-order valence-corrected chi connectivity index (χ3v) is 5.87. The first kappa shape index (κ1) is 27.5. The highest BCUT2D eigenvalue weighted by Crippen LogP contribution is 2.29. The Kier molecular flexibility index (Phi) is 11.3. The number of nitrogens with two attached hydrogens (primary N) is 1. The monoisotopic (exact) mass is 446 g/mol. The van der Waals surface area contributed by atoms with Gasteiger partial charge in [-0.2, -0.15) is 0 Å². The van der Waals surface area contributed by atoms with Crippen molar-refractivity contribution in [2.75, 3.05) is 6.61 Å². The first-order valence-electron chi connectivity index (χ1n) is 11.6. The molecule has 0 bridgehead atoms. The molecule has 2 rings (SSSR count). The molecule has 0 saturated carbocycles. The molecule has 1 aromatic carbocycles. The quantitative estimate of drug-likeness (QED) is 0.481. The van der Waals surface area contributed by atoms with Crippen molar-refractivity contribution in [3.63, 3.8) is 0 Å². The summed E-state index contributed by atoms with van der Waals surface area (Å²) in [6.07, 6.45) is 2.18. The fourth-order valence-electron chi connectivity index (χ4n) is 3.35. The van der Waals surface area contributed by atoms with Crippen LogP contribution in [0.4, 0.5) is 4.39 Å². The molecule has 3 unspecified atom stereocenters. The molecule has 0 spiro atoms. The number of aromatic nitrogens is 1. The highest BCUT2D eigenvalue weighted by Gasteiger charge is 2.30. The van der Waals surface area contributed by atoms with Crippen LogP contribution in [0.5, 0.6) is 5.88 Å². The Morgan fingerprint density at radius 3 is 2.25 bits per heavy atom. The number of benzene rings is 1. The second-order valence-corrected chi connectivity index (χ2v) is 8.75. The average molecular weight is 447 g/mol. The number of primary amides is 1. The molecule has 2 N–H and O–H groups in total. The van der Waals surface area contributed by atoms with Crippen LogP contribution in [0.2, 0.25) is 0 Å². The number of Topliss-reactive ketones (excluding diaryl/α,β-unsaturated/α-hetero) is 1. The first-order valence-corrected chi connectivity index (χ1v) is 11.6. The summed E-state index contributed by atoms with van der Waals surface area (Å²) in [6, 6.07) is 5.32. The molecule has 0 aliphatic rings. The molecule has 0 aliphatic carbocycles. The minimum atomic E-state index is -1.47. The van der Waals surface area contributed by atoms with E-state index in [0.29, 0.717) is 17.9 Å². The van der Waals surface area contributed by atoms with Crippen LogP contribution in [0.25, 0.3) is 10.8 Å². The first-order chi connectivity index (χ1) is 15.1. The number of alkyl halides is 1. The van der Waals surface area contributed by atoms with Gasteiger partial charge < -0.3 is 10.5 Å². The van der Waals surface area contributed by atoms with Gasteiger partial charge in [0.25, 0.3) is 0 Å². The number of nitrogens with zero attached hydrogens (tertiary/aromatic N) is 1. The van der Waals surface area contributed by atoms with Crippen molar-refractivity contribution in [2.45, 2.75) is 73.9 Å². The lowest BCUT2D eigenvalue weighted by Gasteiger charge is -2.25. The van der Waals surface area contributed by atoms with E-state index in [0.717, 1.165) is 22.3 Å². The number of rotatable bonds is 10. The number of carbonyl (C=O) groups is 2. The van der Waals surface area contributed by atoms with E-state index in [-0.39, 0.29) is 24.7 Å². The van der Waals surface area contributed by atoms with Gasteiger partial charge in [0.1, 0.15) is 0 Å². The molecule has 1 heterocycles. The van der Waals surface area contributed by atoms with Crippen LogP contribution >= 0.6 is 0 Å². The number of pyridine rings is 1. The van der Waals surface area contributed by atoms with Crippen LogP contribution in [0.15, 0.2) is 24.4 Å². The van der Waals surface area contributed by atoms with Gasteiger partial charge in [-0.3, -0.25) is 9.59 Å². The van der Waals surface area contributed by atoms with Gasteiger partial charge in [-0.15, -0.1) is 0 Å². The van der Waals surface area contributed by atoms with Gasteiger partial charge in [0.05, 0.1) is 6.61 Å². The minimum absolute atomic E-state index is 0.149. The summed E-state index contributed by atoms with van der Waals surface area (Å²) in [5, 5.41) is 1.56. The predicted octanol–water partition coefficient (Wildman–Crippen LogP) is 6.05. The Bertz CT molecular complexity index is 898. The smallest absolute Gasteiger partial charge is 0.248 e. The van der Waals surface area contributed by atoms with Crippen molar-refractivity contribution in [2.24, 2.45) is 23.5 Å². The van der Waals surface area contributed by atoms with Crippen molar-refractivity contribution in [3.8, 4) is 5.88 Å². The fourth-order valence-corrected chi connectivity index (χ4v) is 3.35. The summed E-state index contributed by atoms with van der Waals surface area (Å²) in [5.41, 5.74) is 6.60. The van der Waals surface area contributed by atoms with Gasteiger partial charge in [-0.05, 0) is 54.3 Å². The third kappa shape index (κ3) is 7.57. The number of amides is 1. The lowest BCUT2D eigenvalue weighted by Crippen LogP contribution is -2.32. The SMILES string of the molecule is CCC(=O)C(F)C(CC)C(C)COc1nccc2cc(C(N)=O)c(C)cc12.CCC(C)C. The Hall–Kier alpha value is -2.50. The second-order valence-electron chi connectivity index (χ2n) is 8.75. The Balaban J connectivity index is 0.000000920. The number of hydrogen-bond acceptors (Lipinski definition) is 4. The van der Waals surface area contributed by atoms with Gasteiger partial charge in [0, 0.05) is 29.5 Å². The van der Waals surface area contributed by atoms with Crippen molar-refractivity contribution in [3.05, 3.63) is 35.5 Å². The fraction of sp³-hybridized carbons (Fsp3) is 0.577. The minimum Gasteiger partial charge on any atom is -0.477 e. The second kappa shape index (κ2) is 13.1. The summed E-state index contributed by atoms with van der Waals surface area (Å²) in [7, 11) is 0. The topological polar surface area (TPSA) is 82.3 Å². The number of ketones is 1. The number of carbonyl (C=O) groups excluding carboxylic acids is 2. The largest absolute Gasteiger partial charge is 0.477 e. The summed E-state index contributed by atoms with van der Waals surface area (Å²) in [5.74, 6) is -0.0889. The maximum atomic E-state index is 14.4. The van der Waals surface area contributed by atoms with Gasteiger partial charge in [0.2, 0.25) is 11.8 Å². The van der Waals surface area contributed by atoms with Gasteiger partial charge in [-0.25, -0.2) is 9.37 Å². The van der Waals surface area contributed by atoms with Crippen LogP contribution in [0.3, 0.4) is 0 Å². The molecular formula is C26H39FN2O3. The molecule has 0 fully saturated rings. The molecule has 6 heteroatoms. The van der Waals surface area contributed by atoms with E-state index in [4.69, 9.17) is 10.5 Å². The molecule has 0 saturated heterocycles. The van der Waals surface area contributed by atoms with Crippen LogP contribution in [0.1, 0.15) is 76.7 Å². The maximum absolute atomic E-state index is 14.4. The lowest BCUT2D eigenvalue weighted by atomic mass is 9.85. The van der Waals surface area contributed by atoms with E-state index >= 15 is 0 Å². The molecule has 0 aliphatic heterocycles. The molecule has 5 nitrogen and oxygen atoms in total. The third-order valence-electron chi connectivity index (χ3n) is 5.87. The Labute approximate surface area is 191 Å². The lowest BCUT2D eigenvalue weighted by molar-refractivity contribution is -0.126.